The van der Waals surface area contributed by atoms with Crippen molar-refractivity contribution in [1.29, 1.82) is 0 Å². The van der Waals surface area contributed by atoms with Crippen LogP contribution in [0.1, 0.15) is 16.7 Å². The van der Waals surface area contributed by atoms with Crippen LogP contribution in [0.3, 0.4) is 0 Å². The van der Waals surface area contributed by atoms with E-state index in [4.69, 9.17) is 0 Å². The molecule has 2 aliphatic rings. The summed E-state index contributed by atoms with van der Waals surface area (Å²) >= 11 is 0. The molecule has 0 atom stereocenters. The van der Waals surface area contributed by atoms with Crippen molar-refractivity contribution in [3.05, 3.63) is 95.8 Å². The summed E-state index contributed by atoms with van der Waals surface area (Å²) in [6.07, 6.45) is 6.55. The number of aromatic nitrogens is 2. The van der Waals surface area contributed by atoms with Gasteiger partial charge in [0, 0.05) is 11.4 Å². The third kappa shape index (κ3) is 2.29. The van der Waals surface area contributed by atoms with E-state index in [1.54, 1.807) is 0 Å². The van der Waals surface area contributed by atoms with Gasteiger partial charge in [0.25, 0.3) is 5.82 Å². The molecule has 0 saturated carbocycles. The third-order valence-corrected chi connectivity index (χ3v) is 6.52. The van der Waals surface area contributed by atoms with Crippen molar-refractivity contribution in [2.45, 2.75) is 19.8 Å². The lowest BCUT2D eigenvalue weighted by atomic mass is 9.60. The van der Waals surface area contributed by atoms with Crippen LogP contribution in [0.2, 0.25) is 0 Å². The molecular formula is C25H23BN3+. The van der Waals surface area contributed by atoms with Gasteiger partial charge in [0.2, 0.25) is 0 Å². The Morgan fingerprint density at radius 3 is 2.45 bits per heavy atom. The Labute approximate surface area is 172 Å². The number of hydrogen-bond donors (Lipinski definition) is 0. The van der Waals surface area contributed by atoms with Crippen LogP contribution < -0.4 is 14.8 Å². The number of fused-ring (bicyclic) bond motifs is 10. The van der Waals surface area contributed by atoms with Crippen molar-refractivity contribution in [3.63, 3.8) is 0 Å². The van der Waals surface area contributed by atoms with E-state index in [-0.39, 0.29) is 6.98 Å². The van der Waals surface area contributed by atoms with E-state index in [1.807, 2.05) is 0 Å². The Bertz CT molecular complexity index is 1260. The fraction of sp³-hybridized carbons (Fsp3) is 0.160. The quantitative estimate of drug-likeness (QED) is 0.426. The Balaban J connectivity index is 1.76. The van der Waals surface area contributed by atoms with Crippen LogP contribution in [-0.2, 0) is 19.9 Å². The van der Waals surface area contributed by atoms with Gasteiger partial charge in [-0.3, -0.25) is 4.48 Å². The maximum absolute atomic E-state index is 2.56. The van der Waals surface area contributed by atoms with E-state index in [9.17, 15) is 0 Å². The molecule has 3 nitrogen and oxygen atoms in total. The van der Waals surface area contributed by atoms with Crippen LogP contribution in [0, 0.1) is 6.92 Å². The second-order valence-electron chi connectivity index (χ2n) is 8.18. The maximum atomic E-state index is 2.56. The SMILES string of the molecule is Cc1cccc2c1-c1n(C)cc[n+]1B1c3ccccc3CCc3ccccc3N12. The van der Waals surface area contributed by atoms with Crippen molar-refractivity contribution < 1.29 is 4.48 Å². The highest BCUT2D eigenvalue weighted by Crippen LogP contribution is 2.41. The molecule has 3 heterocycles. The molecule has 2 aliphatic heterocycles. The first-order chi connectivity index (χ1) is 14.2. The lowest BCUT2D eigenvalue weighted by Crippen LogP contribution is -2.70. The number of benzene rings is 3. The number of rotatable bonds is 0. The van der Waals surface area contributed by atoms with Crippen LogP contribution in [0.4, 0.5) is 11.4 Å². The molecule has 0 fully saturated rings. The smallest absolute Gasteiger partial charge is 0.338 e. The van der Waals surface area contributed by atoms with E-state index in [2.05, 4.69) is 107 Å². The standard InChI is InChI=1S/C25H23BN3/c1-18-8-7-13-23-24(18)25-27(2)16-17-28(25)26-21-11-5-3-9-19(21)14-15-20-10-4-6-12-22(20)29(23)26/h3-13,16-17H,14-15H2,1-2H3/q+1. The summed E-state index contributed by atoms with van der Waals surface area (Å²) in [7, 11) is 2.15. The highest BCUT2D eigenvalue weighted by molar-refractivity contribution is 6.72. The molecule has 4 aromatic rings. The van der Waals surface area contributed by atoms with E-state index in [0.717, 1.165) is 12.8 Å². The van der Waals surface area contributed by atoms with Crippen molar-refractivity contribution in [3.8, 4) is 11.4 Å². The molecule has 4 heteroatoms. The number of anilines is 2. The van der Waals surface area contributed by atoms with Gasteiger partial charge in [-0.1, -0.05) is 54.6 Å². The highest BCUT2D eigenvalue weighted by Gasteiger charge is 2.47. The molecule has 6 rings (SSSR count). The normalized spacial score (nSPS) is 14.1. The van der Waals surface area contributed by atoms with Crippen molar-refractivity contribution in [2.24, 2.45) is 7.05 Å². The van der Waals surface area contributed by atoms with Crippen LogP contribution in [0.25, 0.3) is 11.4 Å². The van der Waals surface area contributed by atoms with Crippen LogP contribution in [0.5, 0.6) is 0 Å². The lowest BCUT2D eigenvalue weighted by Gasteiger charge is -2.37. The minimum absolute atomic E-state index is 0.109. The monoisotopic (exact) mass is 376 g/mol. The summed E-state index contributed by atoms with van der Waals surface area (Å²) in [5.41, 5.74) is 9.50. The van der Waals surface area contributed by atoms with Crippen LogP contribution >= 0.6 is 0 Å². The number of imidazole rings is 1. The molecule has 0 unspecified atom stereocenters. The Morgan fingerprint density at radius 1 is 0.828 bits per heavy atom. The van der Waals surface area contributed by atoms with Gasteiger partial charge in [0.1, 0.15) is 12.4 Å². The number of hydrogen-bond acceptors (Lipinski definition) is 1. The fourth-order valence-corrected chi connectivity index (χ4v) is 5.19. The van der Waals surface area contributed by atoms with Crippen LogP contribution in [0.15, 0.2) is 79.1 Å². The third-order valence-electron chi connectivity index (χ3n) is 6.52. The predicted molar refractivity (Wildman–Crippen MR) is 119 cm³/mol. The number of aryl methyl sites for hydroxylation is 4. The van der Waals surface area contributed by atoms with Crippen molar-refractivity contribution in [1.82, 2.24) is 4.57 Å². The Hall–Kier alpha value is -3.27. The molecule has 140 valence electrons. The molecule has 0 saturated heterocycles. The minimum atomic E-state index is 0.109. The maximum Gasteiger partial charge on any atom is 0.542 e. The molecule has 0 aliphatic carbocycles. The van der Waals surface area contributed by atoms with Gasteiger partial charge in [-0.15, -0.1) is 0 Å². The molecule has 0 spiro atoms. The van der Waals surface area contributed by atoms with Gasteiger partial charge in [-0.05, 0) is 54.1 Å². The lowest BCUT2D eigenvalue weighted by molar-refractivity contribution is -0.523. The molecule has 0 radical (unpaired) electrons. The topological polar surface area (TPSA) is 12.0 Å². The number of para-hydroxylation sites is 1. The zero-order valence-electron chi connectivity index (χ0n) is 16.8. The second kappa shape index (κ2) is 6.12. The van der Waals surface area contributed by atoms with Gasteiger partial charge in [0.15, 0.2) is 0 Å². The average Bonchev–Trinajstić information content (AvgIpc) is 3.12. The first kappa shape index (κ1) is 16.7. The first-order valence-electron chi connectivity index (χ1n) is 10.4. The minimum Gasteiger partial charge on any atom is -0.338 e. The largest absolute Gasteiger partial charge is 0.542 e. The zero-order chi connectivity index (χ0) is 19.5. The summed E-state index contributed by atoms with van der Waals surface area (Å²) in [4.78, 5) is 2.56. The average molecular weight is 376 g/mol. The van der Waals surface area contributed by atoms with Gasteiger partial charge in [0.05, 0.1) is 12.6 Å². The van der Waals surface area contributed by atoms with Crippen LogP contribution in [-0.4, -0.2) is 11.5 Å². The molecule has 0 bridgehead atoms. The fourth-order valence-electron chi connectivity index (χ4n) is 5.19. The number of nitrogens with zero attached hydrogens (tertiary/aromatic N) is 3. The molecule has 3 aromatic carbocycles. The molecule has 1 aromatic heterocycles. The summed E-state index contributed by atoms with van der Waals surface area (Å²) in [5, 5.41) is 0. The summed E-state index contributed by atoms with van der Waals surface area (Å²) in [5.74, 6) is 1.27. The summed E-state index contributed by atoms with van der Waals surface area (Å²) in [6.45, 7) is 2.33. The molecule has 29 heavy (non-hydrogen) atoms. The van der Waals surface area contributed by atoms with Gasteiger partial charge in [-0.2, -0.15) is 0 Å². The Kier molecular flexibility index (Phi) is 3.51. The van der Waals surface area contributed by atoms with E-state index in [0.29, 0.717) is 0 Å². The Morgan fingerprint density at radius 2 is 1.55 bits per heavy atom. The summed E-state index contributed by atoms with van der Waals surface area (Å²) in [6, 6.07) is 24.6. The van der Waals surface area contributed by atoms with Gasteiger partial charge < -0.3 is 4.81 Å². The summed E-state index contributed by atoms with van der Waals surface area (Å²) < 4.78 is 4.72. The molecular weight excluding hydrogens is 353 g/mol. The molecule has 0 N–H and O–H groups in total. The highest BCUT2D eigenvalue weighted by atomic mass is 15.2. The van der Waals surface area contributed by atoms with E-state index < -0.39 is 0 Å². The van der Waals surface area contributed by atoms with Gasteiger partial charge in [-0.25, -0.2) is 4.57 Å². The van der Waals surface area contributed by atoms with E-state index >= 15 is 0 Å². The first-order valence-corrected chi connectivity index (χ1v) is 10.4. The predicted octanol–water partition coefficient (Wildman–Crippen LogP) is 3.78. The zero-order valence-corrected chi connectivity index (χ0v) is 16.8. The van der Waals surface area contributed by atoms with Crippen molar-refractivity contribution in [2.75, 3.05) is 4.81 Å². The van der Waals surface area contributed by atoms with Crippen molar-refractivity contribution >= 4 is 23.8 Å². The molecule has 0 amide bonds. The van der Waals surface area contributed by atoms with E-state index in [1.165, 1.54) is 44.9 Å². The van der Waals surface area contributed by atoms with Gasteiger partial charge >= 0.3 is 6.98 Å². The second-order valence-corrected chi connectivity index (χ2v) is 8.18.